The molecule has 0 aromatic rings. The number of hydrogen-bond donors (Lipinski definition) is 0. The molecule has 0 rings (SSSR count). The van der Waals surface area contributed by atoms with Gasteiger partial charge in [0.15, 0.2) is 0 Å². The summed E-state index contributed by atoms with van der Waals surface area (Å²) in [6, 6.07) is 0. The molecule has 0 unspecified atom stereocenters. The molecule has 0 atom stereocenters. The van der Waals surface area contributed by atoms with Gasteiger partial charge in [0.1, 0.15) is 0 Å². The Morgan fingerprint density at radius 1 is 1.56 bits per heavy atom. The van der Waals surface area contributed by atoms with Crippen LogP contribution < -0.4 is 0 Å². The molecule has 9 heavy (non-hydrogen) atoms. The van der Waals surface area contributed by atoms with Crippen molar-refractivity contribution in [1.82, 2.24) is 0 Å². The molecule has 0 bridgehead atoms. The molecule has 0 fully saturated rings. The average molecular weight is 303 g/mol. The molecule has 0 saturated carbocycles. The molecule has 0 N–H and O–H groups in total. The van der Waals surface area contributed by atoms with Gasteiger partial charge < -0.3 is 19.1 Å². The average Bonchev–Trinajstić information content (AvgIpc) is 1.98. The summed E-state index contributed by atoms with van der Waals surface area (Å²) in [4.78, 5) is 0. The summed E-state index contributed by atoms with van der Waals surface area (Å²) in [5.74, 6) is 0. The van der Waals surface area contributed by atoms with E-state index in [0.29, 0.717) is 0 Å². The Morgan fingerprint density at radius 3 is 1.89 bits per heavy atom. The van der Waals surface area contributed by atoms with Crippen LogP contribution in [0.3, 0.4) is 0 Å². The topological polar surface area (TPSA) is 9.23 Å². The van der Waals surface area contributed by atoms with E-state index in [1.165, 1.54) is 0 Å². The molecule has 0 aliphatic carbocycles. The minimum atomic E-state index is 0. The Bertz CT molecular complexity index is 21.1. The molecule has 0 saturated heterocycles. The van der Waals surface area contributed by atoms with Crippen molar-refractivity contribution in [3.63, 3.8) is 0 Å². The van der Waals surface area contributed by atoms with Gasteiger partial charge in [0.2, 0.25) is 0 Å². The van der Waals surface area contributed by atoms with Crippen LogP contribution in [0.4, 0.5) is 0 Å². The molecule has 58 valence electrons. The fourth-order valence-corrected chi connectivity index (χ4v) is 0.204. The molecule has 2 heteroatoms. The third-order valence-electron chi connectivity index (χ3n) is 0.408. The Kier molecular flexibility index (Phi) is 68.9. The van der Waals surface area contributed by atoms with Crippen LogP contribution in [-0.4, -0.2) is 13.7 Å². The summed E-state index contributed by atoms with van der Waals surface area (Å²) in [5.41, 5.74) is 0. The van der Waals surface area contributed by atoms with Gasteiger partial charge in [-0.05, 0) is 6.42 Å². The van der Waals surface area contributed by atoms with Crippen molar-refractivity contribution in [3.8, 4) is 0 Å². The Balaban J connectivity index is -0.0000000315. The van der Waals surface area contributed by atoms with E-state index in [4.69, 9.17) is 6.11 Å². The largest absolute Gasteiger partial charge is 2.00 e. The predicted octanol–water partition coefficient (Wildman–Crippen LogP) is 2.33. The predicted molar refractivity (Wildman–Crippen MR) is 39.6 cm³/mol. The normalized spacial score (nSPS) is 6.11. The van der Waals surface area contributed by atoms with E-state index < -0.39 is 0 Å². The van der Waals surface area contributed by atoms with Crippen LogP contribution in [0, 0.1) is 14.3 Å². The molecule has 1 nitrogen and oxygen atoms in total. The zero-order valence-electron chi connectivity index (χ0n) is 7.64. The van der Waals surface area contributed by atoms with Crippen molar-refractivity contribution >= 4 is 0 Å². The maximum Gasteiger partial charge on any atom is 2.00 e. The van der Waals surface area contributed by atoms with Crippen molar-refractivity contribution in [1.29, 1.82) is 0 Å². The van der Waals surface area contributed by atoms with Crippen molar-refractivity contribution in [2.24, 2.45) is 0 Å². The van der Waals surface area contributed by atoms with Crippen LogP contribution in [0.2, 0.25) is 0 Å². The van der Waals surface area contributed by atoms with Gasteiger partial charge in [-0.15, -0.1) is 0 Å². The van der Waals surface area contributed by atoms with Crippen molar-refractivity contribution in [3.05, 3.63) is 14.3 Å². The zero-order valence-corrected chi connectivity index (χ0v) is 9.58. The van der Waals surface area contributed by atoms with Crippen LogP contribution in [0.15, 0.2) is 0 Å². The number of methoxy groups -OCH3 is 1. The van der Waals surface area contributed by atoms with Gasteiger partial charge >= 0.3 is 21.1 Å². The van der Waals surface area contributed by atoms with Crippen LogP contribution >= 0.6 is 0 Å². The minimum absolute atomic E-state index is 0. The molecule has 0 spiro atoms. The van der Waals surface area contributed by atoms with E-state index in [1.54, 1.807) is 14.0 Å². The molecule has 0 heterocycles. The van der Waals surface area contributed by atoms with E-state index in [-0.39, 0.29) is 21.1 Å². The van der Waals surface area contributed by atoms with Crippen molar-refractivity contribution in [2.75, 3.05) is 13.7 Å². The first-order valence-corrected chi connectivity index (χ1v) is 2.61. The summed E-state index contributed by atoms with van der Waals surface area (Å²) in [6.07, 6.45) is 1.12. The van der Waals surface area contributed by atoms with E-state index in [0.717, 1.165) is 13.0 Å². The van der Waals surface area contributed by atoms with Gasteiger partial charge in [-0.2, -0.15) is 6.92 Å². The van der Waals surface area contributed by atoms with Gasteiger partial charge in [-0.3, -0.25) is 0 Å². The second kappa shape index (κ2) is 38.0. The standard InChI is InChI=1S/C4H10O.C2H5.CH3.W/c1-3-4-5-2;1-2;;/h3-4H2,1-2H3;1H2,2H3;1H3;/q;2*-1;+2/i;;1D;. The second-order valence-electron chi connectivity index (χ2n) is 0.993. The third kappa shape index (κ3) is 54.5. The van der Waals surface area contributed by atoms with Gasteiger partial charge in [0, 0.05) is 13.7 Å². The third-order valence-corrected chi connectivity index (χ3v) is 0.408. The fourth-order valence-electron chi connectivity index (χ4n) is 0.204. The second-order valence-corrected chi connectivity index (χ2v) is 0.993. The summed E-state index contributed by atoms with van der Waals surface area (Å²) in [5, 5.41) is 0. The quantitative estimate of drug-likeness (QED) is 0.712. The fraction of sp³-hybridized carbons (Fsp3) is 0.714. The molecule has 0 aromatic carbocycles. The summed E-state index contributed by atoms with van der Waals surface area (Å²) in [7, 11) is 4.21. The molecule has 0 radical (unpaired) electrons. The summed E-state index contributed by atoms with van der Waals surface area (Å²) >= 11 is 0. The SMILES string of the molecule is CCCOC.[2H][CH2-].[CH2-]C.[W+2]. The molecular weight excluding hydrogens is 284 g/mol. The Labute approximate surface area is 75.8 Å². The van der Waals surface area contributed by atoms with E-state index in [1.807, 2.05) is 0 Å². The van der Waals surface area contributed by atoms with Crippen LogP contribution in [0.5, 0.6) is 0 Å². The number of hydrogen-bond acceptors (Lipinski definition) is 1. The minimum Gasteiger partial charge on any atom is -0.385 e. The number of rotatable bonds is 2. The molecule has 0 amide bonds. The van der Waals surface area contributed by atoms with E-state index in [9.17, 15) is 0 Å². The van der Waals surface area contributed by atoms with Crippen LogP contribution in [0.25, 0.3) is 0 Å². The maximum absolute atomic E-state index is 5.50. The Morgan fingerprint density at radius 2 is 1.89 bits per heavy atom. The first kappa shape index (κ1) is 16.3. The van der Waals surface area contributed by atoms with E-state index >= 15 is 0 Å². The monoisotopic (exact) mass is 303 g/mol. The van der Waals surface area contributed by atoms with Crippen LogP contribution in [-0.2, 0) is 25.8 Å². The van der Waals surface area contributed by atoms with E-state index in [2.05, 4.69) is 21.3 Å². The van der Waals surface area contributed by atoms with Gasteiger partial charge in [0.05, 0.1) is 0 Å². The molecule has 0 aliphatic rings. The van der Waals surface area contributed by atoms with Gasteiger partial charge in [-0.1, -0.05) is 6.92 Å². The summed E-state index contributed by atoms with van der Waals surface area (Å²) in [6.45, 7) is 7.98. The smallest absolute Gasteiger partial charge is 0.385 e. The van der Waals surface area contributed by atoms with Crippen LogP contribution in [0.1, 0.15) is 21.6 Å². The zero-order chi connectivity index (χ0) is 8.12. The molecule has 0 aromatic heterocycles. The number of ether oxygens (including phenoxy) is 1. The van der Waals surface area contributed by atoms with Crippen molar-refractivity contribution in [2.45, 2.75) is 20.3 Å². The molecular formula is C7H18OW. The first-order chi connectivity index (χ1) is 4.41. The Hall–Kier alpha value is 0.648. The molecule has 0 aliphatic heterocycles. The summed E-state index contributed by atoms with van der Waals surface area (Å²) < 4.78 is 10.2. The maximum atomic E-state index is 5.50. The van der Waals surface area contributed by atoms with Gasteiger partial charge in [0.25, 0.3) is 0 Å². The first-order valence-electron chi connectivity index (χ1n) is 3.32. The van der Waals surface area contributed by atoms with Crippen molar-refractivity contribution < 1.29 is 27.2 Å². The van der Waals surface area contributed by atoms with Gasteiger partial charge in [-0.25, -0.2) is 1.37 Å².